The van der Waals surface area contributed by atoms with Gasteiger partial charge in [0.25, 0.3) is 0 Å². The summed E-state index contributed by atoms with van der Waals surface area (Å²) in [6.07, 6.45) is 3.13. The predicted octanol–water partition coefficient (Wildman–Crippen LogP) is 1.51. The highest BCUT2D eigenvalue weighted by Crippen LogP contribution is 2.36. The minimum Gasteiger partial charge on any atom is -0.481 e. The van der Waals surface area contributed by atoms with Gasteiger partial charge in [0.05, 0.1) is 11.5 Å². The molecule has 3 atom stereocenters. The third-order valence-electron chi connectivity index (χ3n) is 4.23. The number of nitrogens with two attached hydrogens (primary N) is 1. The molecule has 0 aromatic carbocycles. The van der Waals surface area contributed by atoms with Gasteiger partial charge in [-0.3, -0.25) is 9.59 Å². The molecule has 5 heteroatoms. The smallest absolute Gasteiger partial charge is 0.311 e. The monoisotopic (exact) mass is 270 g/mol. The molecule has 1 amide bonds. The molecule has 3 unspecified atom stereocenters. The van der Waals surface area contributed by atoms with E-state index in [-0.39, 0.29) is 17.4 Å². The second-order valence-corrected chi connectivity index (χ2v) is 6.87. The summed E-state index contributed by atoms with van der Waals surface area (Å²) in [6.45, 7) is 7.40. The van der Waals surface area contributed by atoms with Gasteiger partial charge in [0.2, 0.25) is 5.91 Å². The van der Waals surface area contributed by atoms with Gasteiger partial charge >= 0.3 is 5.97 Å². The van der Waals surface area contributed by atoms with Crippen molar-refractivity contribution in [3.8, 4) is 0 Å². The maximum absolute atomic E-state index is 12.1. The van der Waals surface area contributed by atoms with E-state index in [1.807, 2.05) is 20.8 Å². The Morgan fingerprint density at radius 2 is 1.95 bits per heavy atom. The van der Waals surface area contributed by atoms with Crippen LogP contribution >= 0.6 is 0 Å². The summed E-state index contributed by atoms with van der Waals surface area (Å²) in [7, 11) is 0. The Morgan fingerprint density at radius 1 is 1.37 bits per heavy atom. The maximum Gasteiger partial charge on any atom is 0.311 e. The van der Waals surface area contributed by atoms with Crippen molar-refractivity contribution in [2.45, 2.75) is 65.5 Å². The maximum atomic E-state index is 12.1. The lowest BCUT2D eigenvalue weighted by Crippen LogP contribution is -2.57. The Kier molecular flexibility index (Phi) is 4.61. The van der Waals surface area contributed by atoms with Crippen LogP contribution in [0.4, 0.5) is 0 Å². The first-order valence-electron chi connectivity index (χ1n) is 6.88. The molecule has 0 saturated heterocycles. The van der Waals surface area contributed by atoms with E-state index < -0.39 is 17.4 Å². The highest BCUT2D eigenvalue weighted by molar-refractivity contribution is 5.84. The molecule has 0 heterocycles. The number of rotatable bonds is 3. The second-order valence-electron chi connectivity index (χ2n) is 6.87. The van der Waals surface area contributed by atoms with Crippen LogP contribution in [0, 0.1) is 10.8 Å². The summed E-state index contributed by atoms with van der Waals surface area (Å²) in [5, 5.41) is 12.2. The van der Waals surface area contributed by atoms with Gasteiger partial charge in [-0.1, -0.05) is 33.6 Å². The van der Waals surface area contributed by atoms with Gasteiger partial charge in [-0.25, -0.2) is 0 Å². The van der Waals surface area contributed by atoms with Gasteiger partial charge in [0.1, 0.15) is 0 Å². The van der Waals surface area contributed by atoms with Crippen molar-refractivity contribution < 1.29 is 14.7 Å². The zero-order valence-electron chi connectivity index (χ0n) is 12.3. The number of carboxylic acids is 1. The SMILES string of the molecule is CC(C)(C)C(N)C(=O)NC1CCCCC1(C)C(=O)O. The fraction of sp³-hybridized carbons (Fsp3) is 0.857. The Labute approximate surface area is 114 Å². The molecule has 110 valence electrons. The molecule has 0 aromatic heterocycles. The van der Waals surface area contributed by atoms with Gasteiger partial charge in [-0.15, -0.1) is 0 Å². The summed E-state index contributed by atoms with van der Waals surface area (Å²) in [6, 6.07) is -0.966. The quantitative estimate of drug-likeness (QED) is 0.724. The van der Waals surface area contributed by atoms with E-state index in [0.717, 1.165) is 12.8 Å². The first-order valence-corrected chi connectivity index (χ1v) is 6.88. The molecule has 0 bridgehead atoms. The fourth-order valence-corrected chi connectivity index (χ4v) is 2.48. The Balaban J connectivity index is 2.79. The van der Waals surface area contributed by atoms with Gasteiger partial charge < -0.3 is 16.2 Å². The van der Waals surface area contributed by atoms with Crippen LogP contribution in [-0.4, -0.2) is 29.1 Å². The first-order chi connectivity index (χ1) is 8.59. The Bertz CT molecular complexity index is 362. The summed E-state index contributed by atoms with van der Waals surface area (Å²) < 4.78 is 0. The van der Waals surface area contributed by atoms with Crippen LogP contribution in [0.2, 0.25) is 0 Å². The topological polar surface area (TPSA) is 92.4 Å². The standard InChI is InChI=1S/C14H26N2O3/c1-13(2,3)10(15)11(17)16-9-7-5-6-8-14(9,4)12(18)19/h9-10H,5-8,15H2,1-4H3,(H,16,17)(H,18,19). The molecule has 1 aliphatic carbocycles. The number of amides is 1. The average Bonchev–Trinajstić information content (AvgIpc) is 2.29. The predicted molar refractivity (Wildman–Crippen MR) is 73.6 cm³/mol. The lowest BCUT2D eigenvalue weighted by Gasteiger charge is -2.39. The Hall–Kier alpha value is -1.10. The molecule has 0 radical (unpaired) electrons. The summed E-state index contributed by atoms with van der Waals surface area (Å²) in [5.41, 5.74) is 4.70. The van der Waals surface area contributed by atoms with Gasteiger partial charge in [0, 0.05) is 6.04 Å². The van der Waals surface area contributed by atoms with Crippen LogP contribution in [0.15, 0.2) is 0 Å². The summed E-state index contributed by atoms with van der Waals surface area (Å²) in [4.78, 5) is 23.6. The van der Waals surface area contributed by atoms with Crippen molar-refractivity contribution >= 4 is 11.9 Å². The molecule has 0 aromatic rings. The molecule has 1 fully saturated rings. The average molecular weight is 270 g/mol. The molecule has 1 rings (SSSR count). The molecule has 5 nitrogen and oxygen atoms in total. The molecule has 0 aliphatic heterocycles. The number of aliphatic carboxylic acids is 1. The van der Waals surface area contributed by atoms with Crippen molar-refractivity contribution in [1.82, 2.24) is 5.32 Å². The number of nitrogens with one attached hydrogen (secondary N) is 1. The van der Waals surface area contributed by atoms with Crippen LogP contribution in [0.1, 0.15) is 53.4 Å². The highest BCUT2D eigenvalue weighted by atomic mass is 16.4. The highest BCUT2D eigenvalue weighted by Gasteiger charge is 2.44. The van der Waals surface area contributed by atoms with Crippen LogP contribution in [0.25, 0.3) is 0 Å². The third kappa shape index (κ3) is 3.47. The fourth-order valence-electron chi connectivity index (χ4n) is 2.48. The second kappa shape index (κ2) is 5.49. The van der Waals surface area contributed by atoms with E-state index in [1.54, 1.807) is 6.92 Å². The number of hydrogen-bond donors (Lipinski definition) is 3. The van der Waals surface area contributed by atoms with E-state index in [4.69, 9.17) is 5.73 Å². The van der Waals surface area contributed by atoms with Crippen LogP contribution in [0.5, 0.6) is 0 Å². The van der Waals surface area contributed by atoms with Crippen LogP contribution < -0.4 is 11.1 Å². The van der Waals surface area contributed by atoms with Crippen molar-refractivity contribution in [3.63, 3.8) is 0 Å². The largest absolute Gasteiger partial charge is 0.481 e. The van der Waals surface area contributed by atoms with Crippen LogP contribution in [-0.2, 0) is 9.59 Å². The molecule has 1 aliphatic rings. The van der Waals surface area contributed by atoms with Crippen molar-refractivity contribution in [2.75, 3.05) is 0 Å². The van der Waals surface area contributed by atoms with Crippen LogP contribution in [0.3, 0.4) is 0 Å². The number of hydrogen-bond acceptors (Lipinski definition) is 3. The summed E-state index contributed by atoms with van der Waals surface area (Å²) >= 11 is 0. The van der Waals surface area contributed by atoms with Gasteiger partial charge in [0.15, 0.2) is 0 Å². The number of carbonyl (C=O) groups is 2. The minimum atomic E-state index is -0.883. The third-order valence-corrected chi connectivity index (χ3v) is 4.23. The first kappa shape index (κ1) is 16.0. The van der Waals surface area contributed by atoms with E-state index in [2.05, 4.69) is 5.32 Å². The Morgan fingerprint density at radius 3 is 2.42 bits per heavy atom. The molecular weight excluding hydrogens is 244 g/mol. The van der Waals surface area contributed by atoms with Gasteiger partial charge in [-0.05, 0) is 25.2 Å². The minimum absolute atomic E-state index is 0.258. The van der Waals surface area contributed by atoms with Gasteiger partial charge in [-0.2, -0.15) is 0 Å². The number of carboxylic acid groups (broad SMARTS) is 1. The lowest BCUT2D eigenvalue weighted by atomic mass is 9.71. The van der Waals surface area contributed by atoms with E-state index in [9.17, 15) is 14.7 Å². The summed E-state index contributed by atoms with van der Waals surface area (Å²) in [5.74, 6) is -1.10. The molecule has 0 spiro atoms. The molecule has 4 N–H and O–H groups in total. The van der Waals surface area contributed by atoms with Crippen molar-refractivity contribution in [3.05, 3.63) is 0 Å². The number of carbonyl (C=O) groups excluding carboxylic acids is 1. The lowest BCUT2D eigenvalue weighted by molar-refractivity contribution is -0.152. The van der Waals surface area contributed by atoms with Crippen molar-refractivity contribution in [1.29, 1.82) is 0 Å². The van der Waals surface area contributed by atoms with Crippen molar-refractivity contribution in [2.24, 2.45) is 16.6 Å². The van der Waals surface area contributed by atoms with E-state index in [0.29, 0.717) is 12.8 Å². The molecule has 1 saturated carbocycles. The van der Waals surface area contributed by atoms with E-state index in [1.165, 1.54) is 0 Å². The van der Waals surface area contributed by atoms with E-state index >= 15 is 0 Å². The zero-order chi connectivity index (χ0) is 14.8. The zero-order valence-corrected chi connectivity index (χ0v) is 12.3. The molecule has 19 heavy (non-hydrogen) atoms. The molecular formula is C14H26N2O3. The normalized spacial score (nSPS) is 29.6.